The van der Waals surface area contributed by atoms with Gasteiger partial charge in [0.05, 0.1) is 19.1 Å². The van der Waals surface area contributed by atoms with E-state index in [4.69, 9.17) is 16.3 Å². The molecule has 2 amide bonds. The molecule has 0 aliphatic carbocycles. The summed E-state index contributed by atoms with van der Waals surface area (Å²) in [6, 6.07) is 20.3. The van der Waals surface area contributed by atoms with Gasteiger partial charge in [0.25, 0.3) is 0 Å². The number of nitrogens with one attached hydrogen (secondary N) is 1. The monoisotopic (exact) mass is 585 g/mol. The van der Waals surface area contributed by atoms with Gasteiger partial charge in [-0.1, -0.05) is 54.1 Å². The van der Waals surface area contributed by atoms with Gasteiger partial charge in [-0.2, -0.15) is 0 Å². The van der Waals surface area contributed by atoms with Crippen LogP contribution >= 0.6 is 11.6 Å². The zero-order valence-electron chi connectivity index (χ0n) is 23.4. The molecule has 0 radical (unpaired) electrons. The minimum Gasteiger partial charge on any atom is -0.497 e. The lowest BCUT2D eigenvalue weighted by atomic mass is 10.0. The van der Waals surface area contributed by atoms with Gasteiger partial charge in [0.1, 0.15) is 18.3 Å². The zero-order valence-corrected chi connectivity index (χ0v) is 25.0. The maximum Gasteiger partial charge on any atom is 0.244 e. The Morgan fingerprint density at radius 3 is 2.25 bits per heavy atom. The molecule has 0 saturated heterocycles. The van der Waals surface area contributed by atoms with E-state index in [1.165, 1.54) is 4.90 Å². The molecule has 0 bridgehead atoms. The molecule has 0 aromatic heterocycles. The fraction of sp³-hybridized carbons (Fsp3) is 0.333. The molecule has 8 nitrogen and oxygen atoms in total. The first-order chi connectivity index (χ1) is 18.9. The number of hydrogen-bond acceptors (Lipinski definition) is 5. The van der Waals surface area contributed by atoms with Crippen LogP contribution in [0.25, 0.3) is 0 Å². The van der Waals surface area contributed by atoms with E-state index in [0.29, 0.717) is 22.0 Å². The Morgan fingerprint density at radius 1 is 0.975 bits per heavy atom. The summed E-state index contributed by atoms with van der Waals surface area (Å²) >= 11 is 6.10. The van der Waals surface area contributed by atoms with Gasteiger partial charge in [-0.25, -0.2) is 8.42 Å². The van der Waals surface area contributed by atoms with Gasteiger partial charge in [-0.05, 0) is 67.8 Å². The second-order valence-corrected chi connectivity index (χ2v) is 12.3. The van der Waals surface area contributed by atoms with Crippen molar-refractivity contribution in [2.75, 3.05) is 24.2 Å². The topological polar surface area (TPSA) is 96.0 Å². The first kappa shape index (κ1) is 31.0. The summed E-state index contributed by atoms with van der Waals surface area (Å²) in [5, 5.41) is 3.39. The van der Waals surface area contributed by atoms with Crippen LogP contribution in [0, 0.1) is 6.92 Å². The van der Waals surface area contributed by atoms with Crippen molar-refractivity contribution in [3.05, 3.63) is 94.5 Å². The third-order valence-corrected chi connectivity index (χ3v) is 7.66. The van der Waals surface area contributed by atoms with Crippen molar-refractivity contribution in [3.63, 3.8) is 0 Å². The predicted molar refractivity (Wildman–Crippen MR) is 159 cm³/mol. The molecular weight excluding hydrogens is 550 g/mol. The van der Waals surface area contributed by atoms with Crippen LogP contribution in [-0.4, -0.2) is 57.1 Å². The number of nitrogens with zero attached hydrogens (tertiary/aromatic N) is 2. The number of carbonyl (C=O) groups is 2. The normalized spacial score (nSPS) is 12.1. The molecule has 40 heavy (non-hydrogen) atoms. The fourth-order valence-electron chi connectivity index (χ4n) is 4.40. The number of hydrogen-bond donors (Lipinski definition) is 1. The van der Waals surface area contributed by atoms with E-state index in [0.717, 1.165) is 21.7 Å². The summed E-state index contributed by atoms with van der Waals surface area (Å²) in [6.45, 7) is 4.99. The number of rotatable bonds is 12. The number of halogens is 1. The van der Waals surface area contributed by atoms with Crippen LogP contribution in [0.4, 0.5) is 5.69 Å². The quantitative estimate of drug-likeness (QED) is 0.335. The molecule has 0 heterocycles. The molecule has 0 aliphatic rings. The summed E-state index contributed by atoms with van der Waals surface area (Å²) in [4.78, 5) is 29.1. The van der Waals surface area contributed by atoms with Crippen molar-refractivity contribution in [2.24, 2.45) is 0 Å². The SMILES string of the molecule is COc1cccc(CN(C(=O)CN(c2ccc(Cl)cc2C)S(C)(=O)=O)C(Cc2ccccc2)C(=O)NC(C)C)c1. The van der Waals surface area contributed by atoms with Crippen molar-refractivity contribution in [1.29, 1.82) is 0 Å². The summed E-state index contributed by atoms with van der Waals surface area (Å²) in [6.07, 6.45) is 1.29. The smallest absolute Gasteiger partial charge is 0.244 e. The summed E-state index contributed by atoms with van der Waals surface area (Å²) < 4.78 is 32.3. The van der Waals surface area contributed by atoms with E-state index < -0.39 is 28.5 Å². The standard InChI is InChI=1S/C30H36ClN3O5S/c1-21(2)32-30(36)28(18-23-10-7-6-8-11-23)33(19-24-12-9-13-26(17-24)39-4)29(35)20-34(40(5,37)38)27-15-14-25(31)16-22(27)3/h6-17,21,28H,18-20H2,1-5H3,(H,32,36). The third-order valence-electron chi connectivity index (χ3n) is 6.30. The lowest BCUT2D eigenvalue weighted by molar-refractivity contribution is -0.140. The van der Waals surface area contributed by atoms with Crippen molar-refractivity contribution in [3.8, 4) is 5.75 Å². The largest absolute Gasteiger partial charge is 0.497 e. The lowest BCUT2D eigenvalue weighted by Gasteiger charge is -2.34. The Kier molecular flexibility index (Phi) is 10.6. The van der Waals surface area contributed by atoms with Gasteiger partial charge in [0.2, 0.25) is 21.8 Å². The molecule has 3 aromatic carbocycles. The highest BCUT2D eigenvalue weighted by atomic mass is 35.5. The van der Waals surface area contributed by atoms with Crippen LogP contribution in [0.1, 0.15) is 30.5 Å². The van der Waals surface area contributed by atoms with E-state index >= 15 is 0 Å². The van der Waals surface area contributed by atoms with E-state index in [1.807, 2.05) is 50.2 Å². The average Bonchev–Trinajstić information content (AvgIpc) is 2.89. The van der Waals surface area contributed by atoms with Crippen LogP contribution in [0.15, 0.2) is 72.8 Å². The number of anilines is 1. The third kappa shape index (κ3) is 8.47. The van der Waals surface area contributed by atoms with E-state index in [2.05, 4.69) is 5.32 Å². The average molecular weight is 586 g/mol. The molecule has 1 atom stereocenters. The Balaban J connectivity index is 2.09. The highest BCUT2D eigenvalue weighted by Gasteiger charge is 2.33. The molecule has 0 saturated carbocycles. The van der Waals surface area contributed by atoms with Gasteiger partial charge in [0.15, 0.2) is 0 Å². The Morgan fingerprint density at radius 2 is 1.65 bits per heavy atom. The van der Waals surface area contributed by atoms with Gasteiger partial charge < -0.3 is 15.0 Å². The van der Waals surface area contributed by atoms with Crippen molar-refractivity contribution in [2.45, 2.75) is 45.8 Å². The van der Waals surface area contributed by atoms with E-state index in [-0.39, 0.29) is 24.9 Å². The number of benzene rings is 3. The van der Waals surface area contributed by atoms with Crippen LogP contribution in [0.3, 0.4) is 0 Å². The molecule has 0 spiro atoms. The maximum atomic E-state index is 14.1. The van der Waals surface area contributed by atoms with E-state index in [1.54, 1.807) is 50.4 Å². The molecule has 3 aromatic rings. The van der Waals surface area contributed by atoms with Gasteiger partial charge in [-0.15, -0.1) is 0 Å². The highest BCUT2D eigenvalue weighted by molar-refractivity contribution is 7.92. The zero-order chi connectivity index (χ0) is 29.4. The van der Waals surface area contributed by atoms with Crippen LogP contribution in [0.2, 0.25) is 5.02 Å². The number of carbonyl (C=O) groups excluding carboxylic acids is 2. The number of methoxy groups -OCH3 is 1. The molecule has 10 heteroatoms. The van der Waals surface area contributed by atoms with Crippen LogP contribution in [-0.2, 0) is 32.6 Å². The molecule has 1 N–H and O–H groups in total. The second-order valence-electron chi connectivity index (χ2n) is 9.94. The number of amides is 2. The van der Waals surface area contributed by atoms with Crippen molar-refractivity contribution < 1.29 is 22.7 Å². The second kappa shape index (κ2) is 13.7. The molecular formula is C30H36ClN3O5S. The van der Waals surface area contributed by atoms with E-state index in [9.17, 15) is 18.0 Å². The maximum absolute atomic E-state index is 14.1. The molecule has 3 rings (SSSR count). The first-order valence-corrected chi connectivity index (χ1v) is 15.1. The molecule has 1 unspecified atom stereocenters. The predicted octanol–water partition coefficient (Wildman–Crippen LogP) is 4.59. The Hall–Kier alpha value is -3.56. The minimum absolute atomic E-state index is 0.0657. The number of ether oxygens (including phenoxy) is 1. The van der Waals surface area contributed by atoms with Gasteiger partial charge in [0, 0.05) is 24.0 Å². The number of sulfonamides is 1. The molecule has 0 aliphatic heterocycles. The summed E-state index contributed by atoms with van der Waals surface area (Å²) in [7, 11) is -2.32. The fourth-order valence-corrected chi connectivity index (χ4v) is 5.53. The minimum atomic E-state index is -3.87. The van der Waals surface area contributed by atoms with Crippen LogP contribution in [0.5, 0.6) is 5.75 Å². The Labute approximate surface area is 241 Å². The first-order valence-electron chi connectivity index (χ1n) is 12.9. The Bertz CT molecular complexity index is 1430. The lowest BCUT2D eigenvalue weighted by Crippen LogP contribution is -2.54. The van der Waals surface area contributed by atoms with Crippen molar-refractivity contribution >= 4 is 39.1 Å². The summed E-state index contributed by atoms with van der Waals surface area (Å²) in [5.74, 6) is -0.253. The van der Waals surface area contributed by atoms with Crippen LogP contribution < -0.4 is 14.4 Å². The van der Waals surface area contributed by atoms with Gasteiger partial charge >= 0.3 is 0 Å². The summed E-state index contributed by atoms with van der Waals surface area (Å²) in [5.41, 5.74) is 2.54. The molecule has 214 valence electrons. The number of aryl methyl sites for hydroxylation is 1. The van der Waals surface area contributed by atoms with Gasteiger partial charge in [-0.3, -0.25) is 13.9 Å². The van der Waals surface area contributed by atoms with Crippen molar-refractivity contribution in [1.82, 2.24) is 10.2 Å². The molecule has 0 fully saturated rings. The highest BCUT2D eigenvalue weighted by Crippen LogP contribution is 2.26.